The zero-order chi connectivity index (χ0) is 23.1. The minimum Gasteiger partial charge on any atom is -0.415 e. The quantitative estimate of drug-likeness (QED) is 0.186. The van der Waals surface area contributed by atoms with E-state index in [9.17, 15) is 0 Å². The van der Waals surface area contributed by atoms with E-state index in [0.717, 1.165) is 0 Å². The number of rotatable bonds is 14. The summed E-state index contributed by atoms with van der Waals surface area (Å²) in [5.41, 5.74) is 0. The van der Waals surface area contributed by atoms with Crippen LogP contribution in [0.1, 0.15) is 6.92 Å². The highest BCUT2D eigenvalue weighted by Crippen LogP contribution is 2.24. The summed E-state index contributed by atoms with van der Waals surface area (Å²) in [5, 5.41) is 4.14. The van der Waals surface area contributed by atoms with Crippen molar-refractivity contribution in [2.45, 2.75) is 104 Å². The van der Waals surface area contributed by atoms with Gasteiger partial charge in [0.05, 0.1) is 18.9 Å². The first kappa shape index (κ1) is 29.2. The van der Waals surface area contributed by atoms with Crippen LogP contribution in [0, 0.1) is 0 Å². The molecule has 0 bridgehead atoms. The van der Waals surface area contributed by atoms with Gasteiger partial charge in [0, 0.05) is 0 Å². The molecule has 0 aliphatic carbocycles. The summed E-state index contributed by atoms with van der Waals surface area (Å²) < 4.78 is 26.1. The third-order valence-corrected chi connectivity index (χ3v) is 7.27. The second kappa shape index (κ2) is 11.7. The van der Waals surface area contributed by atoms with Crippen molar-refractivity contribution in [3.63, 3.8) is 0 Å². The van der Waals surface area contributed by atoms with Crippen LogP contribution < -0.4 is 0 Å². The van der Waals surface area contributed by atoms with Crippen LogP contribution in [-0.4, -0.2) is 71.0 Å². The van der Waals surface area contributed by atoms with E-state index < -0.39 is 33.3 Å². The molecule has 0 aromatic rings. The van der Waals surface area contributed by atoms with E-state index in [1.807, 2.05) is 6.92 Å². The third kappa shape index (κ3) is 16.5. The Morgan fingerprint density at radius 1 is 0.690 bits per heavy atom. The molecule has 3 atom stereocenters. The smallest absolute Gasteiger partial charge is 0.184 e. The third-order valence-electron chi connectivity index (χ3n) is 3.27. The zero-order valence-corrected chi connectivity index (χ0v) is 25.2. The maximum absolute atomic E-state index is 6.67. The van der Waals surface area contributed by atoms with Crippen molar-refractivity contribution in [1.29, 1.82) is 0 Å². The normalized spacial score (nSPS) is 17.4. The van der Waals surface area contributed by atoms with Gasteiger partial charge in [-0.1, -0.05) is 5.16 Å². The SMILES string of the molecule is CCO/N=C/C(O[Si](C)(C)C)C(O[Si](C)(C)C)C(CO[Si](C)(C)C)O[Si](C)(C)C. The van der Waals surface area contributed by atoms with Crippen molar-refractivity contribution in [1.82, 2.24) is 0 Å². The van der Waals surface area contributed by atoms with Gasteiger partial charge in [0.15, 0.2) is 33.3 Å². The second-order valence-electron chi connectivity index (χ2n) is 11.3. The van der Waals surface area contributed by atoms with E-state index in [-0.39, 0.29) is 18.3 Å². The fourth-order valence-electron chi connectivity index (χ4n) is 2.51. The monoisotopic (exact) mass is 481 g/mol. The summed E-state index contributed by atoms with van der Waals surface area (Å²) in [6.07, 6.45) is 0.906. The number of nitrogens with zero attached hydrogens (tertiary/aromatic N) is 1. The molecule has 0 fully saturated rings. The van der Waals surface area contributed by atoms with Crippen molar-refractivity contribution >= 4 is 39.5 Å². The first-order chi connectivity index (χ1) is 12.8. The second-order valence-corrected chi connectivity index (χ2v) is 29.1. The van der Waals surface area contributed by atoms with Crippen LogP contribution in [0.2, 0.25) is 78.6 Å². The number of hydrogen-bond donors (Lipinski definition) is 0. The fourth-order valence-corrected chi connectivity index (χ4v) is 6.40. The van der Waals surface area contributed by atoms with Gasteiger partial charge in [0.25, 0.3) is 0 Å². The van der Waals surface area contributed by atoms with Crippen molar-refractivity contribution in [3.8, 4) is 0 Å². The van der Waals surface area contributed by atoms with Gasteiger partial charge in [0.2, 0.25) is 0 Å². The minimum atomic E-state index is -1.89. The van der Waals surface area contributed by atoms with Gasteiger partial charge in [-0.15, -0.1) is 0 Å². The molecule has 0 aromatic heterocycles. The molecule has 0 rings (SSSR count). The van der Waals surface area contributed by atoms with E-state index in [4.69, 9.17) is 22.5 Å². The largest absolute Gasteiger partial charge is 0.415 e. The molecule has 0 saturated heterocycles. The molecule has 0 spiro atoms. The Kier molecular flexibility index (Phi) is 11.8. The number of oxime groups is 1. The van der Waals surface area contributed by atoms with Crippen molar-refractivity contribution < 1.29 is 22.5 Å². The Morgan fingerprint density at radius 2 is 1.17 bits per heavy atom. The highest BCUT2D eigenvalue weighted by atomic mass is 28.4. The van der Waals surface area contributed by atoms with Crippen molar-refractivity contribution in [3.05, 3.63) is 0 Å². The highest BCUT2D eigenvalue weighted by molar-refractivity contribution is 6.71. The molecule has 0 aromatic carbocycles. The zero-order valence-electron chi connectivity index (χ0n) is 21.2. The van der Waals surface area contributed by atoms with E-state index in [1.165, 1.54) is 0 Å². The van der Waals surface area contributed by atoms with Crippen LogP contribution in [0.3, 0.4) is 0 Å². The first-order valence-corrected chi connectivity index (χ1v) is 24.3. The molecular formula is C19H47NO5Si4. The average Bonchev–Trinajstić information content (AvgIpc) is 2.44. The topological polar surface area (TPSA) is 58.5 Å². The first-order valence-electron chi connectivity index (χ1n) is 10.7. The predicted octanol–water partition coefficient (Wildman–Crippen LogP) is 5.52. The minimum absolute atomic E-state index is 0.213. The van der Waals surface area contributed by atoms with Crippen molar-refractivity contribution in [2.75, 3.05) is 13.2 Å². The fraction of sp³-hybridized carbons (Fsp3) is 0.947. The van der Waals surface area contributed by atoms with Crippen LogP contribution in [0.4, 0.5) is 0 Å². The number of hydrogen-bond acceptors (Lipinski definition) is 6. The van der Waals surface area contributed by atoms with Gasteiger partial charge in [-0.25, -0.2) is 0 Å². The summed E-state index contributed by atoms with van der Waals surface area (Å²) >= 11 is 0. The van der Waals surface area contributed by atoms with Crippen LogP contribution in [0.25, 0.3) is 0 Å². The molecule has 0 saturated carbocycles. The summed E-state index contributed by atoms with van der Waals surface area (Å²) in [6, 6.07) is 0. The molecule has 0 aliphatic rings. The summed E-state index contributed by atoms with van der Waals surface area (Å²) in [6.45, 7) is 29.2. The molecule has 0 N–H and O–H groups in total. The molecular weight excluding hydrogens is 435 g/mol. The van der Waals surface area contributed by atoms with Gasteiger partial charge in [-0.2, -0.15) is 0 Å². The Hall–Kier alpha value is 0.178. The molecule has 3 unspecified atom stereocenters. The van der Waals surface area contributed by atoms with Crippen molar-refractivity contribution in [2.24, 2.45) is 5.16 Å². The lowest BCUT2D eigenvalue weighted by molar-refractivity contribution is -0.0283. The van der Waals surface area contributed by atoms with Gasteiger partial charge >= 0.3 is 0 Å². The summed E-state index contributed by atoms with van der Waals surface area (Å²) in [4.78, 5) is 5.26. The Bertz CT molecular complexity index is 493. The van der Waals surface area contributed by atoms with E-state index in [0.29, 0.717) is 13.2 Å². The lowest BCUT2D eigenvalue weighted by Gasteiger charge is -2.41. The highest BCUT2D eigenvalue weighted by Gasteiger charge is 2.40. The maximum Gasteiger partial charge on any atom is 0.184 e. The van der Waals surface area contributed by atoms with Crippen LogP contribution >= 0.6 is 0 Å². The maximum atomic E-state index is 6.67. The Labute approximate surface area is 184 Å². The molecule has 10 heteroatoms. The van der Waals surface area contributed by atoms with Crippen LogP contribution in [0.15, 0.2) is 5.16 Å². The van der Waals surface area contributed by atoms with Gasteiger partial charge < -0.3 is 22.5 Å². The summed E-state index contributed by atoms with van der Waals surface area (Å²) in [5.74, 6) is 0. The standard InChI is InChI=1S/C19H47NO5Si4/c1-14-21-20-15-17(23-27(5,6)7)19(25-29(11,12)13)18(24-28(8,9)10)16-22-26(2,3)4/h15,17-19H,14,16H2,1-13H3/b20-15+. The molecule has 0 aliphatic heterocycles. The van der Waals surface area contributed by atoms with Gasteiger partial charge in [-0.3, -0.25) is 0 Å². The van der Waals surface area contributed by atoms with Gasteiger partial charge in [0.1, 0.15) is 18.8 Å². The lowest BCUT2D eigenvalue weighted by Crippen LogP contribution is -2.55. The molecule has 6 nitrogen and oxygen atoms in total. The Morgan fingerprint density at radius 3 is 1.55 bits per heavy atom. The van der Waals surface area contributed by atoms with Crippen LogP contribution in [-0.2, 0) is 22.5 Å². The average molecular weight is 482 g/mol. The van der Waals surface area contributed by atoms with E-state index in [2.05, 4.69) is 83.7 Å². The predicted molar refractivity (Wildman–Crippen MR) is 134 cm³/mol. The van der Waals surface area contributed by atoms with Gasteiger partial charge in [-0.05, 0) is 85.5 Å². The molecule has 29 heavy (non-hydrogen) atoms. The lowest BCUT2D eigenvalue weighted by atomic mass is 10.1. The molecule has 0 radical (unpaired) electrons. The molecule has 0 heterocycles. The molecule has 174 valence electrons. The van der Waals surface area contributed by atoms with E-state index >= 15 is 0 Å². The Balaban J connectivity index is 6.05. The van der Waals surface area contributed by atoms with Crippen LogP contribution in [0.5, 0.6) is 0 Å². The molecule has 0 amide bonds. The van der Waals surface area contributed by atoms with E-state index in [1.54, 1.807) is 6.21 Å². The summed E-state index contributed by atoms with van der Waals surface area (Å²) in [7, 11) is -7.32.